The second kappa shape index (κ2) is 18.7. The van der Waals surface area contributed by atoms with Crippen molar-refractivity contribution in [3.05, 3.63) is 174 Å². The highest BCUT2D eigenvalue weighted by molar-refractivity contribution is 5.89. The smallest absolute Gasteiger partial charge is 0.135 e. The summed E-state index contributed by atoms with van der Waals surface area (Å²) in [5, 5.41) is 1.25. The number of furan rings is 1. The van der Waals surface area contributed by atoms with Crippen LogP contribution in [-0.4, -0.2) is 0 Å². The Balaban J connectivity index is 0.000000250. The van der Waals surface area contributed by atoms with Crippen molar-refractivity contribution in [1.82, 2.24) is 0 Å². The Bertz CT molecular complexity index is 1600. The number of hydrogen-bond acceptors (Lipinski definition) is 1. The molecule has 5 rings (SSSR count). The van der Waals surface area contributed by atoms with Gasteiger partial charge < -0.3 is 4.42 Å². The largest absolute Gasteiger partial charge is 0.460 e. The standard InChI is InChI=1S/C21H22.C13H12O.C5H8.C3H6/c1-4-5-7-12-20(19-10-8-6-9-11-19)16-21-15-17(2)13-14-18(21)3;1-9-6-7-11-10-4-2-3-5-12(10)14-13(11)8-9;1-4-5(2)3;1-3-2/h4-16H,1-3H3;2,4,6-8H,3,5H2,1H3;4H,1-2H2,3H3;3H,1H2,2H3/b5-4-,12-7-,20-16-;;;. The monoisotopic (exact) mass is 568 g/mol. The maximum Gasteiger partial charge on any atom is 0.135 e. The summed E-state index contributed by atoms with van der Waals surface area (Å²) in [6, 6.07) is 23.5. The molecule has 0 N–H and O–H groups in total. The molecule has 0 saturated heterocycles. The first kappa shape index (κ1) is 34.6. The molecular weight excluding hydrogens is 520 g/mol. The minimum absolute atomic E-state index is 1.02. The van der Waals surface area contributed by atoms with Crippen molar-refractivity contribution in [1.29, 1.82) is 0 Å². The van der Waals surface area contributed by atoms with E-state index in [0.717, 1.165) is 29.8 Å². The first-order chi connectivity index (χ1) is 20.7. The van der Waals surface area contributed by atoms with E-state index in [1.165, 1.54) is 44.3 Å². The van der Waals surface area contributed by atoms with Gasteiger partial charge in [-0.25, -0.2) is 0 Å². The van der Waals surface area contributed by atoms with E-state index in [2.05, 4.69) is 144 Å². The molecule has 43 heavy (non-hydrogen) atoms. The van der Waals surface area contributed by atoms with Crippen LogP contribution >= 0.6 is 0 Å². The fourth-order valence-electron chi connectivity index (χ4n) is 4.27. The highest BCUT2D eigenvalue weighted by Gasteiger charge is 2.13. The lowest BCUT2D eigenvalue weighted by molar-refractivity contribution is 0.546. The molecule has 0 unspecified atom stereocenters. The molecule has 0 atom stereocenters. The fraction of sp³-hybridized carbons (Fsp3) is 0.190. The number of benzene rings is 3. The van der Waals surface area contributed by atoms with Crippen LogP contribution in [0.3, 0.4) is 0 Å². The summed E-state index contributed by atoms with van der Waals surface area (Å²) in [6.45, 7) is 22.6. The molecule has 0 amide bonds. The molecule has 3 aromatic carbocycles. The number of rotatable bonds is 5. The molecule has 222 valence electrons. The zero-order chi connectivity index (χ0) is 31.6. The van der Waals surface area contributed by atoms with Crippen molar-refractivity contribution < 1.29 is 4.42 Å². The van der Waals surface area contributed by atoms with Gasteiger partial charge in [0.15, 0.2) is 0 Å². The molecular formula is C42H48O. The Morgan fingerprint density at radius 2 is 1.51 bits per heavy atom. The van der Waals surface area contributed by atoms with Crippen LogP contribution < -0.4 is 0 Å². The van der Waals surface area contributed by atoms with E-state index in [9.17, 15) is 0 Å². The van der Waals surface area contributed by atoms with Crippen LogP contribution in [0, 0.1) is 20.8 Å². The van der Waals surface area contributed by atoms with Gasteiger partial charge in [-0.2, -0.15) is 0 Å². The number of aryl methyl sites for hydroxylation is 4. The highest BCUT2D eigenvalue weighted by Crippen LogP contribution is 2.31. The van der Waals surface area contributed by atoms with Crippen molar-refractivity contribution in [3.8, 4) is 0 Å². The summed E-state index contributed by atoms with van der Waals surface area (Å²) >= 11 is 0. The van der Waals surface area contributed by atoms with E-state index in [4.69, 9.17) is 4.42 Å². The topological polar surface area (TPSA) is 13.1 Å². The van der Waals surface area contributed by atoms with Crippen molar-refractivity contribution in [2.75, 3.05) is 0 Å². The predicted octanol–water partition coefficient (Wildman–Crippen LogP) is 12.6. The number of hydrogen-bond donors (Lipinski definition) is 0. The van der Waals surface area contributed by atoms with Crippen LogP contribution in [0.5, 0.6) is 0 Å². The normalized spacial score (nSPS) is 11.9. The number of fused-ring (bicyclic) bond motifs is 3. The van der Waals surface area contributed by atoms with Crippen LogP contribution in [0.15, 0.2) is 139 Å². The maximum absolute atomic E-state index is 5.82. The van der Waals surface area contributed by atoms with Gasteiger partial charge in [-0.05, 0) is 87.9 Å². The lowest BCUT2D eigenvalue weighted by Gasteiger charge is -2.06. The summed E-state index contributed by atoms with van der Waals surface area (Å²) in [5.41, 5.74) is 10.9. The van der Waals surface area contributed by atoms with E-state index >= 15 is 0 Å². The lowest BCUT2D eigenvalue weighted by Crippen LogP contribution is -1.87. The van der Waals surface area contributed by atoms with Gasteiger partial charge >= 0.3 is 0 Å². The fourth-order valence-corrected chi connectivity index (χ4v) is 4.27. The van der Waals surface area contributed by atoms with Gasteiger partial charge in [0.05, 0.1) is 0 Å². The van der Waals surface area contributed by atoms with Gasteiger partial charge in [-0.3, -0.25) is 0 Å². The van der Waals surface area contributed by atoms with Gasteiger partial charge in [0.2, 0.25) is 0 Å². The maximum atomic E-state index is 5.82. The molecule has 1 aromatic heterocycles. The average molecular weight is 569 g/mol. The Morgan fingerprint density at radius 1 is 0.860 bits per heavy atom. The summed E-state index contributed by atoms with van der Waals surface area (Å²) in [4.78, 5) is 0. The van der Waals surface area contributed by atoms with E-state index in [0.29, 0.717) is 0 Å². The molecule has 0 aliphatic heterocycles. The summed E-state index contributed by atoms with van der Waals surface area (Å²) in [7, 11) is 0. The number of allylic oxidation sites excluding steroid dienone is 9. The SMILES string of the molecule is C=CC.C=CC(=C)C.C\C=C/C=C\C(=C\c1cc(C)ccc1C)c1ccccc1.Cc1ccc2c3c(oc2c1)CCC=C3. The molecule has 0 bridgehead atoms. The van der Waals surface area contributed by atoms with Gasteiger partial charge in [0.1, 0.15) is 11.3 Å². The Labute approximate surface area is 260 Å². The lowest BCUT2D eigenvalue weighted by atomic mass is 9.98. The Kier molecular flexibility index (Phi) is 15.1. The van der Waals surface area contributed by atoms with E-state index in [1.807, 2.05) is 26.8 Å². The predicted molar refractivity (Wildman–Crippen MR) is 193 cm³/mol. The van der Waals surface area contributed by atoms with Gasteiger partial charge in [-0.1, -0.05) is 134 Å². The van der Waals surface area contributed by atoms with E-state index in [1.54, 1.807) is 12.2 Å². The summed E-state index contributed by atoms with van der Waals surface area (Å²) in [6.07, 6.45) is 20.6. The molecule has 1 aliphatic rings. The highest BCUT2D eigenvalue weighted by atomic mass is 16.3. The van der Waals surface area contributed by atoms with E-state index in [-0.39, 0.29) is 0 Å². The molecule has 1 heteroatoms. The van der Waals surface area contributed by atoms with Crippen molar-refractivity contribution in [2.24, 2.45) is 0 Å². The second-order valence-electron chi connectivity index (χ2n) is 10.5. The summed E-state index contributed by atoms with van der Waals surface area (Å²) in [5.74, 6) is 1.15. The third-order valence-corrected chi connectivity index (χ3v) is 6.56. The van der Waals surface area contributed by atoms with E-state index < -0.39 is 0 Å². The first-order valence-electron chi connectivity index (χ1n) is 14.9. The zero-order valence-corrected chi connectivity index (χ0v) is 27.0. The summed E-state index contributed by atoms with van der Waals surface area (Å²) < 4.78 is 5.82. The van der Waals surface area contributed by atoms with Gasteiger partial charge in [-0.15, -0.1) is 6.58 Å². The molecule has 4 aromatic rings. The van der Waals surface area contributed by atoms with Crippen LogP contribution in [0.4, 0.5) is 0 Å². The molecule has 0 saturated carbocycles. The first-order valence-corrected chi connectivity index (χ1v) is 14.9. The minimum atomic E-state index is 1.02. The van der Waals surface area contributed by atoms with Crippen molar-refractivity contribution in [3.63, 3.8) is 0 Å². The molecule has 0 spiro atoms. The third-order valence-electron chi connectivity index (χ3n) is 6.56. The van der Waals surface area contributed by atoms with Crippen LogP contribution in [-0.2, 0) is 6.42 Å². The molecule has 1 nitrogen and oxygen atoms in total. The van der Waals surface area contributed by atoms with Crippen molar-refractivity contribution in [2.45, 2.75) is 54.4 Å². The quantitative estimate of drug-likeness (QED) is 0.133. The Morgan fingerprint density at radius 3 is 2.16 bits per heavy atom. The molecule has 1 aliphatic carbocycles. The van der Waals surface area contributed by atoms with Crippen LogP contribution in [0.1, 0.15) is 66.3 Å². The second-order valence-corrected chi connectivity index (χ2v) is 10.5. The van der Waals surface area contributed by atoms with Crippen molar-refractivity contribution >= 4 is 28.7 Å². The third kappa shape index (κ3) is 11.6. The minimum Gasteiger partial charge on any atom is -0.460 e. The van der Waals surface area contributed by atoms with Crippen LogP contribution in [0.2, 0.25) is 0 Å². The molecule has 0 radical (unpaired) electrons. The zero-order valence-electron chi connectivity index (χ0n) is 27.0. The average Bonchev–Trinajstić information content (AvgIpc) is 3.37. The van der Waals surface area contributed by atoms with Crippen LogP contribution in [0.25, 0.3) is 28.7 Å². The molecule has 0 fully saturated rings. The van der Waals surface area contributed by atoms with Gasteiger partial charge in [0, 0.05) is 17.4 Å². The van der Waals surface area contributed by atoms with Gasteiger partial charge in [0.25, 0.3) is 0 Å². The Hall–Kier alpha value is -4.62. The molecule has 1 heterocycles.